The molecule has 1 saturated heterocycles. The molecule has 3 rings (SSSR count). The lowest BCUT2D eigenvalue weighted by molar-refractivity contribution is 0.121. The van der Waals surface area contributed by atoms with Crippen LogP contribution in [0.25, 0.3) is 0 Å². The summed E-state index contributed by atoms with van der Waals surface area (Å²) in [5.74, 6) is -1.56. The van der Waals surface area contributed by atoms with Crippen LogP contribution in [0.1, 0.15) is 24.9 Å². The van der Waals surface area contributed by atoms with E-state index in [1.54, 1.807) is 30.3 Å². The molecule has 0 aromatic heterocycles. The van der Waals surface area contributed by atoms with Gasteiger partial charge in [-0.2, -0.15) is 0 Å². The number of ether oxygens (including phenoxy) is 2. The topological polar surface area (TPSA) is 50.7 Å². The molecule has 3 atom stereocenters. The molecule has 1 aliphatic heterocycles. The van der Waals surface area contributed by atoms with Gasteiger partial charge in [-0.1, -0.05) is 31.2 Å². The third-order valence-corrected chi connectivity index (χ3v) is 4.29. The van der Waals surface area contributed by atoms with Crippen LogP contribution in [0.2, 0.25) is 0 Å². The maximum atomic E-state index is 14.9. The molecule has 2 N–H and O–H groups in total. The van der Waals surface area contributed by atoms with Crippen molar-refractivity contribution in [1.29, 1.82) is 0 Å². The van der Waals surface area contributed by atoms with Crippen molar-refractivity contribution in [2.75, 3.05) is 13.2 Å². The Morgan fingerprint density at radius 1 is 1.20 bits per heavy atom. The van der Waals surface area contributed by atoms with Crippen molar-refractivity contribution in [3.05, 3.63) is 59.7 Å². The minimum atomic E-state index is -0.760. The molecule has 3 unspecified atom stereocenters. The fraction of sp³-hybridized carbons (Fsp3) is 0.368. The number of para-hydroxylation sites is 1. The summed E-state index contributed by atoms with van der Waals surface area (Å²) in [5, 5.41) is 13.1. The molecule has 0 amide bonds. The Kier molecular flexibility index (Phi) is 5.63. The van der Waals surface area contributed by atoms with E-state index in [0.717, 1.165) is 0 Å². The van der Waals surface area contributed by atoms with Gasteiger partial charge in [-0.05, 0) is 24.6 Å². The standard InChI is InChI=1S/C19H21F2NO3/c1-2-15(22-16-10-24-11-17(16)23)13-8-9-14(20)19(18(13)21)25-12-6-4-3-5-7-12/h3-9,15-17,22-23H,2,10-11H2,1H3. The van der Waals surface area contributed by atoms with Crippen molar-refractivity contribution in [3.63, 3.8) is 0 Å². The first-order valence-corrected chi connectivity index (χ1v) is 8.32. The lowest BCUT2D eigenvalue weighted by atomic mass is 10.0. The maximum Gasteiger partial charge on any atom is 0.198 e. The van der Waals surface area contributed by atoms with Crippen LogP contribution in [0.5, 0.6) is 11.5 Å². The summed E-state index contributed by atoms with van der Waals surface area (Å²) in [7, 11) is 0. The van der Waals surface area contributed by atoms with Gasteiger partial charge in [-0.25, -0.2) is 8.78 Å². The van der Waals surface area contributed by atoms with Crippen LogP contribution in [0, 0.1) is 11.6 Å². The Bertz CT molecular complexity index is 711. The van der Waals surface area contributed by atoms with Gasteiger partial charge in [0.2, 0.25) is 0 Å². The summed E-state index contributed by atoms with van der Waals surface area (Å²) in [6.07, 6.45) is -0.0751. The van der Waals surface area contributed by atoms with E-state index in [0.29, 0.717) is 24.3 Å². The Balaban J connectivity index is 1.86. The molecule has 0 saturated carbocycles. The van der Waals surface area contributed by atoms with Gasteiger partial charge in [0.25, 0.3) is 0 Å². The van der Waals surface area contributed by atoms with Gasteiger partial charge in [0.1, 0.15) is 5.75 Å². The molecule has 0 radical (unpaired) electrons. The molecular formula is C19H21F2NO3. The minimum Gasteiger partial charge on any atom is -0.451 e. The average molecular weight is 349 g/mol. The molecule has 2 aromatic carbocycles. The van der Waals surface area contributed by atoms with Crippen molar-refractivity contribution in [1.82, 2.24) is 5.32 Å². The molecule has 0 aliphatic carbocycles. The molecule has 1 fully saturated rings. The Hall–Kier alpha value is -2.02. The average Bonchev–Trinajstić information content (AvgIpc) is 3.03. The lowest BCUT2D eigenvalue weighted by Gasteiger charge is -2.24. The van der Waals surface area contributed by atoms with Crippen molar-refractivity contribution in [3.8, 4) is 11.5 Å². The number of rotatable bonds is 6. The Labute approximate surface area is 145 Å². The summed E-state index contributed by atoms with van der Waals surface area (Å²) >= 11 is 0. The number of hydrogen-bond acceptors (Lipinski definition) is 4. The summed E-state index contributed by atoms with van der Waals surface area (Å²) in [6.45, 7) is 2.50. The number of benzene rings is 2. The molecule has 25 heavy (non-hydrogen) atoms. The highest BCUT2D eigenvalue weighted by atomic mass is 19.1. The predicted octanol–water partition coefficient (Wildman–Crippen LogP) is 3.56. The van der Waals surface area contributed by atoms with Gasteiger partial charge in [0.05, 0.1) is 25.4 Å². The van der Waals surface area contributed by atoms with Crippen LogP contribution in [0.15, 0.2) is 42.5 Å². The molecule has 4 nitrogen and oxygen atoms in total. The third kappa shape index (κ3) is 3.98. The zero-order chi connectivity index (χ0) is 17.8. The van der Waals surface area contributed by atoms with Gasteiger partial charge >= 0.3 is 0 Å². The van der Waals surface area contributed by atoms with Crippen LogP contribution < -0.4 is 10.1 Å². The van der Waals surface area contributed by atoms with Crippen molar-refractivity contribution >= 4 is 0 Å². The largest absolute Gasteiger partial charge is 0.451 e. The normalized spacial score (nSPS) is 21.3. The van der Waals surface area contributed by atoms with E-state index in [4.69, 9.17) is 9.47 Å². The van der Waals surface area contributed by atoms with Crippen molar-refractivity contribution in [2.24, 2.45) is 0 Å². The van der Waals surface area contributed by atoms with Crippen molar-refractivity contribution in [2.45, 2.75) is 31.5 Å². The molecule has 6 heteroatoms. The number of aliphatic hydroxyl groups is 1. The van der Waals surface area contributed by atoms with Gasteiger partial charge in [0, 0.05) is 11.6 Å². The van der Waals surface area contributed by atoms with Gasteiger partial charge in [-0.3, -0.25) is 0 Å². The van der Waals surface area contributed by atoms with E-state index in [1.165, 1.54) is 12.1 Å². The summed E-state index contributed by atoms with van der Waals surface area (Å²) in [6, 6.07) is 10.4. The van der Waals surface area contributed by atoms with Crippen LogP contribution in [0.4, 0.5) is 8.78 Å². The highest BCUT2D eigenvalue weighted by molar-refractivity contribution is 5.38. The Morgan fingerprint density at radius 2 is 1.96 bits per heavy atom. The molecule has 0 spiro atoms. The number of nitrogens with one attached hydrogen (secondary N) is 1. The molecule has 1 heterocycles. The van der Waals surface area contributed by atoms with Crippen LogP contribution in [-0.2, 0) is 4.74 Å². The molecule has 134 valence electrons. The maximum absolute atomic E-state index is 14.9. The Morgan fingerprint density at radius 3 is 2.60 bits per heavy atom. The van der Waals surface area contributed by atoms with Gasteiger partial charge in [-0.15, -0.1) is 0 Å². The van der Waals surface area contributed by atoms with E-state index >= 15 is 0 Å². The number of aliphatic hydroxyl groups excluding tert-OH is 1. The first-order valence-electron chi connectivity index (χ1n) is 8.32. The second kappa shape index (κ2) is 7.91. The zero-order valence-corrected chi connectivity index (χ0v) is 13.9. The quantitative estimate of drug-likeness (QED) is 0.837. The zero-order valence-electron chi connectivity index (χ0n) is 13.9. The second-order valence-electron chi connectivity index (χ2n) is 6.03. The minimum absolute atomic E-state index is 0.252. The van der Waals surface area contributed by atoms with Gasteiger partial charge < -0.3 is 19.9 Å². The van der Waals surface area contributed by atoms with Crippen LogP contribution >= 0.6 is 0 Å². The summed E-state index contributed by atoms with van der Waals surface area (Å²) in [4.78, 5) is 0. The van der Waals surface area contributed by atoms with E-state index in [-0.39, 0.29) is 18.7 Å². The van der Waals surface area contributed by atoms with E-state index < -0.39 is 23.5 Å². The highest BCUT2D eigenvalue weighted by Gasteiger charge is 2.30. The van der Waals surface area contributed by atoms with E-state index in [2.05, 4.69) is 5.32 Å². The predicted molar refractivity (Wildman–Crippen MR) is 89.7 cm³/mol. The number of hydrogen-bond donors (Lipinski definition) is 2. The second-order valence-corrected chi connectivity index (χ2v) is 6.03. The van der Waals surface area contributed by atoms with Crippen molar-refractivity contribution < 1.29 is 23.4 Å². The summed E-state index contributed by atoms with van der Waals surface area (Å²) in [5.41, 5.74) is 0.300. The molecule has 1 aliphatic rings. The smallest absolute Gasteiger partial charge is 0.198 e. The SMILES string of the molecule is CCC(NC1COCC1O)c1ccc(F)c(Oc2ccccc2)c1F. The van der Waals surface area contributed by atoms with Crippen LogP contribution in [0.3, 0.4) is 0 Å². The molecule has 0 bridgehead atoms. The van der Waals surface area contributed by atoms with E-state index in [1.807, 2.05) is 6.92 Å². The fourth-order valence-corrected chi connectivity index (χ4v) is 2.90. The lowest BCUT2D eigenvalue weighted by Crippen LogP contribution is -2.41. The molecular weight excluding hydrogens is 328 g/mol. The molecule has 2 aromatic rings. The third-order valence-electron chi connectivity index (χ3n) is 4.29. The first-order chi connectivity index (χ1) is 12.1. The first kappa shape index (κ1) is 17.8. The number of halogens is 2. The van der Waals surface area contributed by atoms with E-state index in [9.17, 15) is 13.9 Å². The fourth-order valence-electron chi connectivity index (χ4n) is 2.90. The van der Waals surface area contributed by atoms with Crippen LogP contribution in [-0.4, -0.2) is 30.5 Å². The highest BCUT2D eigenvalue weighted by Crippen LogP contribution is 2.33. The monoisotopic (exact) mass is 349 g/mol. The summed E-state index contributed by atoms with van der Waals surface area (Å²) < 4.78 is 39.7. The van der Waals surface area contributed by atoms with Gasteiger partial charge in [0.15, 0.2) is 17.4 Å².